The van der Waals surface area contributed by atoms with Crippen molar-refractivity contribution in [1.29, 1.82) is 0 Å². The summed E-state index contributed by atoms with van der Waals surface area (Å²) in [6.45, 7) is 6.12. The Morgan fingerprint density at radius 1 is 0.727 bits per heavy atom. The topological polar surface area (TPSA) is 17.1 Å². The average molecular weight is 471 g/mol. The van der Waals surface area contributed by atoms with E-state index < -0.39 is 0 Å². The third kappa shape index (κ3) is 4.49. The Labute approximate surface area is 206 Å². The lowest BCUT2D eigenvalue weighted by atomic mass is 9.75. The molecule has 0 saturated heterocycles. The molecule has 0 bridgehead atoms. The maximum absolute atomic E-state index is 13.3. The van der Waals surface area contributed by atoms with E-state index >= 15 is 0 Å². The molecule has 168 valence electrons. The molecule has 0 spiro atoms. The summed E-state index contributed by atoms with van der Waals surface area (Å²) in [6, 6.07) is 32.0. The molecule has 0 N–H and O–H groups in total. The van der Waals surface area contributed by atoms with Crippen molar-refractivity contribution in [3.05, 3.63) is 123 Å². The Hall–Kier alpha value is -2.49. The van der Waals surface area contributed by atoms with Crippen LogP contribution in [0.5, 0.6) is 0 Å². The van der Waals surface area contributed by atoms with Crippen molar-refractivity contribution in [1.82, 2.24) is 0 Å². The van der Waals surface area contributed by atoms with Gasteiger partial charge in [-0.2, -0.15) is 0 Å². The van der Waals surface area contributed by atoms with Gasteiger partial charge in [-0.05, 0) is 41.5 Å². The second-order valence-electron chi connectivity index (χ2n) is 8.13. The number of hydrogen-bond donors (Lipinski definition) is 0. The molecule has 3 heteroatoms. The van der Waals surface area contributed by atoms with Gasteiger partial charge in [-0.25, -0.2) is 0 Å². The number of ketones is 1. The van der Waals surface area contributed by atoms with Gasteiger partial charge in [-0.1, -0.05) is 105 Å². The van der Waals surface area contributed by atoms with Crippen molar-refractivity contribution in [3.63, 3.8) is 0 Å². The molecular formula is C30H30OS2. The van der Waals surface area contributed by atoms with Crippen molar-refractivity contribution in [2.75, 3.05) is 11.5 Å². The molecule has 1 unspecified atom stereocenters. The van der Waals surface area contributed by atoms with Gasteiger partial charge in [0.1, 0.15) is 0 Å². The van der Waals surface area contributed by atoms with Gasteiger partial charge < -0.3 is 0 Å². The van der Waals surface area contributed by atoms with Crippen LogP contribution in [0.1, 0.15) is 37.5 Å². The fourth-order valence-electron chi connectivity index (χ4n) is 4.80. The van der Waals surface area contributed by atoms with Gasteiger partial charge in [-0.3, -0.25) is 4.79 Å². The average Bonchev–Trinajstić information content (AvgIpc) is 3.12. The van der Waals surface area contributed by atoms with Crippen LogP contribution in [-0.2, 0) is 16.6 Å². The highest BCUT2D eigenvalue weighted by molar-refractivity contribution is 8.04. The lowest BCUT2D eigenvalue weighted by molar-refractivity contribution is -0.113. The SMILES string of the molecule is CCSC1=C(C(C)=O)C(c2ccccc2)=C(SCC)C1(Cc1ccccc1)c1ccccc1. The highest BCUT2D eigenvalue weighted by Gasteiger charge is 2.49. The number of thioether (sulfide) groups is 2. The minimum atomic E-state index is -0.379. The van der Waals surface area contributed by atoms with Crippen molar-refractivity contribution in [2.45, 2.75) is 32.6 Å². The first-order chi connectivity index (χ1) is 16.1. The Morgan fingerprint density at radius 3 is 1.79 bits per heavy atom. The Balaban J connectivity index is 2.12. The molecule has 4 rings (SSSR count). The first-order valence-corrected chi connectivity index (χ1v) is 13.5. The van der Waals surface area contributed by atoms with Gasteiger partial charge in [0.15, 0.2) is 5.78 Å². The van der Waals surface area contributed by atoms with E-state index in [9.17, 15) is 4.79 Å². The molecule has 0 radical (unpaired) electrons. The zero-order chi connectivity index (χ0) is 23.3. The second kappa shape index (κ2) is 10.6. The minimum absolute atomic E-state index is 0.143. The first-order valence-electron chi connectivity index (χ1n) is 11.5. The van der Waals surface area contributed by atoms with Gasteiger partial charge in [-0.15, -0.1) is 23.5 Å². The molecule has 1 aliphatic carbocycles. The lowest BCUT2D eigenvalue weighted by Crippen LogP contribution is -2.31. The van der Waals surface area contributed by atoms with Crippen LogP contribution in [0.3, 0.4) is 0 Å². The van der Waals surface area contributed by atoms with Crippen LogP contribution in [0.2, 0.25) is 0 Å². The highest BCUT2D eigenvalue weighted by Crippen LogP contribution is 2.60. The van der Waals surface area contributed by atoms with E-state index in [1.165, 1.54) is 20.9 Å². The van der Waals surface area contributed by atoms with Crippen molar-refractivity contribution < 1.29 is 4.79 Å². The summed E-state index contributed by atoms with van der Waals surface area (Å²) in [5.74, 6) is 2.01. The fourth-order valence-corrected chi connectivity index (χ4v) is 7.28. The highest BCUT2D eigenvalue weighted by atomic mass is 32.2. The summed E-state index contributed by atoms with van der Waals surface area (Å²) in [4.78, 5) is 15.8. The standard InChI is InChI=1S/C30H30OS2/c1-4-32-28-26(22(3)31)27(24-17-11-7-12-18-24)29(33-5-2)30(28,25-19-13-8-14-20-25)21-23-15-9-6-10-16-23/h6-20H,4-5,21H2,1-3H3. The largest absolute Gasteiger partial charge is 0.294 e. The number of allylic oxidation sites excluding steroid dienone is 4. The molecule has 0 aromatic heterocycles. The Kier molecular flexibility index (Phi) is 7.62. The van der Waals surface area contributed by atoms with Crippen LogP contribution in [0, 0.1) is 0 Å². The molecule has 1 nitrogen and oxygen atoms in total. The smallest absolute Gasteiger partial charge is 0.161 e. The molecule has 3 aromatic carbocycles. The van der Waals surface area contributed by atoms with Crippen LogP contribution in [0.4, 0.5) is 0 Å². The molecule has 33 heavy (non-hydrogen) atoms. The summed E-state index contributed by atoms with van der Waals surface area (Å²) in [7, 11) is 0. The lowest BCUT2D eigenvalue weighted by Gasteiger charge is -2.36. The van der Waals surface area contributed by atoms with Gasteiger partial charge >= 0.3 is 0 Å². The van der Waals surface area contributed by atoms with Gasteiger partial charge in [0, 0.05) is 21.0 Å². The number of carbonyl (C=O) groups excluding carboxylic acids is 1. The molecule has 1 aliphatic rings. The Bertz CT molecular complexity index is 1160. The molecule has 0 saturated carbocycles. The van der Waals surface area contributed by atoms with E-state index in [1.54, 1.807) is 6.92 Å². The number of Topliss-reactive ketones (excluding diaryl/α,β-unsaturated/α-hetero) is 1. The fraction of sp³-hybridized carbons (Fsp3) is 0.233. The normalized spacial score (nSPS) is 18.2. The van der Waals surface area contributed by atoms with E-state index in [0.717, 1.165) is 34.6 Å². The van der Waals surface area contributed by atoms with E-state index in [4.69, 9.17) is 0 Å². The van der Waals surface area contributed by atoms with Crippen molar-refractivity contribution in [2.24, 2.45) is 0 Å². The molecule has 0 aliphatic heterocycles. The monoisotopic (exact) mass is 470 g/mol. The van der Waals surface area contributed by atoms with E-state index in [2.05, 4.69) is 98.8 Å². The van der Waals surface area contributed by atoms with Crippen LogP contribution in [-0.4, -0.2) is 17.3 Å². The van der Waals surface area contributed by atoms with Crippen LogP contribution in [0.15, 0.2) is 106 Å². The van der Waals surface area contributed by atoms with Gasteiger partial charge in [0.05, 0.1) is 5.41 Å². The zero-order valence-electron chi connectivity index (χ0n) is 19.5. The maximum Gasteiger partial charge on any atom is 0.161 e. The van der Waals surface area contributed by atoms with Crippen LogP contribution in [0.25, 0.3) is 5.57 Å². The molecule has 0 heterocycles. The maximum atomic E-state index is 13.3. The van der Waals surface area contributed by atoms with Crippen molar-refractivity contribution in [3.8, 4) is 0 Å². The van der Waals surface area contributed by atoms with E-state index in [1.807, 2.05) is 29.6 Å². The molecule has 3 aromatic rings. The summed E-state index contributed by atoms with van der Waals surface area (Å²) in [5, 5.41) is 0. The molecular weight excluding hydrogens is 440 g/mol. The number of carbonyl (C=O) groups is 1. The number of hydrogen-bond acceptors (Lipinski definition) is 3. The third-order valence-electron chi connectivity index (χ3n) is 6.05. The molecule has 1 atom stereocenters. The summed E-state index contributed by atoms with van der Waals surface area (Å²) >= 11 is 3.71. The Morgan fingerprint density at radius 2 is 1.24 bits per heavy atom. The molecule has 0 fully saturated rings. The van der Waals surface area contributed by atoms with E-state index in [0.29, 0.717) is 0 Å². The van der Waals surface area contributed by atoms with E-state index in [-0.39, 0.29) is 11.2 Å². The predicted octanol–water partition coefficient (Wildman–Crippen LogP) is 7.94. The predicted molar refractivity (Wildman–Crippen MR) is 146 cm³/mol. The van der Waals surface area contributed by atoms with Gasteiger partial charge in [0.25, 0.3) is 0 Å². The minimum Gasteiger partial charge on any atom is -0.294 e. The summed E-state index contributed by atoms with van der Waals surface area (Å²) in [6.07, 6.45) is 0.829. The van der Waals surface area contributed by atoms with Crippen molar-refractivity contribution >= 4 is 34.9 Å². The summed E-state index contributed by atoms with van der Waals surface area (Å²) in [5.41, 5.74) is 5.29. The zero-order valence-corrected chi connectivity index (χ0v) is 21.1. The first kappa shape index (κ1) is 23.7. The van der Waals surface area contributed by atoms with Crippen LogP contribution < -0.4 is 0 Å². The molecule has 0 amide bonds. The number of rotatable bonds is 9. The third-order valence-corrected chi connectivity index (χ3v) is 8.31. The quantitative estimate of drug-likeness (QED) is 0.316. The summed E-state index contributed by atoms with van der Waals surface area (Å²) < 4.78 is 0. The van der Waals surface area contributed by atoms with Crippen LogP contribution >= 0.6 is 23.5 Å². The van der Waals surface area contributed by atoms with Gasteiger partial charge in [0.2, 0.25) is 0 Å². The number of benzene rings is 3. The second-order valence-corrected chi connectivity index (χ2v) is 10.7.